The third-order valence-electron chi connectivity index (χ3n) is 6.58. The van der Waals surface area contributed by atoms with Gasteiger partial charge in [0.2, 0.25) is 0 Å². The Hall–Kier alpha value is -4.16. The zero-order valence-corrected chi connectivity index (χ0v) is 24.8. The number of rotatable bonds is 5. The van der Waals surface area contributed by atoms with Crippen molar-refractivity contribution in [1.82, 2.24) is 10.3 Å². The lowest BCUT2D eigenvalue weighted by molar-refractivity contribution is -0.115. The number of amides is 3. The van der Waals surface area contributed by atoms with Crippen LogP contribution in [0.2, 0.25) is 5.02 Å². The third-order valence-corrected chi connectivity index (χ3v) is 9.90. The Bertz CT molecular complexity index is 1990. The van der Waals surface area contributed by atoms with Gasteiger partial charge >= 0.3 is 0 Å². The van der Waals surface area contributed by atoms with Crippen molar-refractivity contribution in [2.45, 2.75) is 16.4 Å². The monoisotopic (exact) mass is 628 g/mol. The molecule has 0 spiro atoms. The fourth-order valence-corrected chi connectivity index (χ4v) is 7.47. The number of carbonyl (C=O) groups is 3. The molecule has 1 saturated heterocycles. The molecule has 0 aliphatic carbocycles. The van der Waals surface area contributed by atoms with E-state index in [9.17, 15) is 14.4 Å². The average Bonchev–Trinajstić information content (AvgIpc) is 3.73. The highest BCUT2D eigenvalue weighted by Gasteiger charge is 2.36. The minimum Gasteiger partial charge on any atom is -0.450 e. The first-order valence-corrected chi connectivity index (χ1v) is 15.4. The molecule has 2 aromatic heterocycles. The van der Waals surface area contributed by atoms with Crippen LogP contribution in [-0.4, -0.2) is 27.9 Å². The number of hydrogen-bond donors (Lipinski definition) is 1. The summed E-state index contributed by atoms with van der Waals surface area (Å²) in [6, 6.07) is 21.2. The second kappa shape index (κ2) is 10.6. The standard InChI is InChI=1S/C30H17ClN4O4S3/c1-15-20(31)7-4-8-21(15)32-29-34-26(36)24(40-29)14-17-10-12-25(39-17)42-30-33-22-11-9-16(13-23(22)41-30)35-27(37)18-5-2-3-6-19(18)28(35)38/h2-14H,1H3,(H,32,34,36)/b24-14-. The number of aromatic nitrogens is 1. The normalized spacial score (nSPS) is 16.7. The average molecular weight is 629 g/mol. The number of anilines is 1. The molecule has 3 aromatic carbocycles. The summed E-state index contributed by atoms with van der Waals surface area (Å²) in [6.07, 6.45) is 1.67. The molecular weight excluding hydrogens is 612 g/mol. The Morgan fingerprint density at radius 2 is 1.79 bits per heavy atom. The molecule has 12 heteroatoms. The Kier molecular flexibility index (Phi) is 6.74. The van der Waals surface area contributed by atoms with E-state index in [0.29, 0.717) is 48.4 Å². The van der Waals surface area contributed by atoms with E-state index in [1.807, 2.05) is 25.1 Å². The zero-order chi connectivity index (χ0) is 29.0. The van der Waals surface area contributed by atoms with Crippen LogP contribution in [0.3, 0.4) is 0 Å². The number of thiazole rings is 1. The highest BCUT2D eigenvalue weighted by Crippen LogP contribution is 2.39. The van der Waals surface area contributed by atoms with Gasteiger partial charge in [-0.3, -0.25) is 14.4 Å². The van der Waals surface area contributed by atoms with Crippen molar-refractivity contribution in [1.29, 1.82) is 0 Å². The molecule has 3 amide bonds. The van der Waals surface area contributed by atoms with E-state index in [-0.39, 0.29) is 17.7 Å². The predicted octanol–water partition coefficient (Wildman–Crippen LogP) is 7.69. The van der Waals surface area contributed by atoms with Gasteiger partial charge in [0.1, 0.15) is 5.76 Å². The fourth-order valence-electron chi connectivity index (χ4n) is 4.49. The first-order valence-electron chi connectivity index (χ1n) is 12.5. The van der Waals surface area contributed by atoms with Crippen LogP contribution >= 0.6 is 46.5 Å². The summed E-state index contributed by atoms with van der Waals surface area (Å²) in [5.41, 5.74) is 3.58. The van der Waals surface area contributed by atoms with Crippen LogP contribution in [0.4, 0.5) is 11.4 Å². The summed E-state index contributed by atoms with van der Waals surface area (Å²) in [6.45, 7) is 1.88. The van der Waals surface area contributed by atoms with Gasteiger partial charge in [-0.2, -0.15) is 0 Å². The highest BCUT2D eigenvalue weighted by molar-refractivity contribution is 8.18. The molecule has 1 N–H and O–H groups in total. The van der Waals surface area contributed by atoms with E-state index in [2.05, 4.69) is 15.3 Å². The maximum atomic E-state index is 12.9. The van der Waals surface area contributed by atoms with Crippen molar-refractivity contribution in [3.05, 3.63) is 105 Å². The molecule has 7 rings (SSSR count). The van der Waals surface area contributed by atoms with Gasteiger partial charge < -0.3 is 9.73 Å². The molecule has 8 nitrogen and oxygen atoms in total. The smallest absolute Gasteiger partial charge is 0.266 e. The minimum absolute atomic E-state index is 0.260. The zero-order valence-electron chi connectivity index (χ0n) is 21.6. The molecule has 1 fully saturated rings. The molecule has 0 saturated carbocycles. The number of furan rings is 1. The fraction of sp³-hybridized carbons (Fsp3) is 0.0333. The quantitative estimate of drug-likeness (QED) is 0.157. The highest BCUT2D eigenvalue weighted by atomic mass is 35.5. The number of hydrogen-bond acceptors (Lipinski definition) is 9. The Labute approximate surface area is 256 Å². The van der Waals surface area contributed by atoms with Crippen molar-refractivity contribution in [2.75, 3.05) is 4.90 Å². The molecular formula is C30H17ClN4O4S3. The maximum absolute atomic E-state index is 12.9. The summed E-state index contributed by atoms with van der Waals surface area (Å²) in [4.78, 5) is 49.2. The SMILES string of the molecule is Cc1c(Cl)cccc1N=C1NC(=O)/C(=C/c2ccc(Sc3nc4ccc(N5C(=O)c6ccccc6C5=O)cc4s3)o2)S1. The molecule has 42 heavy (non-hydrogen) atoms. The van der Waals surface area contributed by atoms with Crippen molar-refractivity contribution in [2.24, 2.45) is 4.99 Å². The summed E-state index contributed by atoms with van der Waals surface area (Å²) in [7, 11) is 0. The van der Waals surface area contributed by atoms with Crippen LogP contribution in [0.1, 0.15) is 32.0 Å². The maximum Gasteiger partial charge on any atom is 0.266 e. The van der Waals surface area contributed by atoms with Gasteiger partial charge in [-0.1, -0.05) is 29.8 Å². The van der Waals surface area contributed by atoms with Crippen molar-refractivity contribution >= 4 is 97.0 Å². The molecule has 0 unspecified atom stereocenters. The topological polar surface area (TPSA) is 105 Å². The van der Waals surface area contributed by atoms with Crippen LogP contribution in [0.15, 0.2) is 96.5 Å². The second-order valence-corrected chi connectivity index (χ2v) is 13.0. The number of aliphatic imine (C=N–C) groups is 1. The lowest BCUT2D eigenvalue weighted by Crippen LogP contribution is -2.29. The van der Waals surface area contributed by atoms with Gasteiger partial charge in [0.15, 0.2) is 14.6 Å². The van der Waals surface area contributed by atoms with Crippen LogP contribution in [0.5, 0.6) is 0 Å². The summed E-state index contributed by atoms with van der Waals surface area (Å²) in [5.74, 6) is -0.412. The molecule has 206 valence electrons. The van der Waals surface area contributed by atoms with E-state index in [0.717, 1.165) is 20.1 Å². The van der Waals surface area contributed by atoms with E-state index >= 15 is 0 Å². The number of imide groups is 1. The lowest BCUT2D eigenvalue weighted by atomic mass is 10.1. The summed E-state index contributed by atoms with van der Waals surface area (Å²) < 4.78 is 7.52. The third kappa shape index (κ3) is 4.84. The molecule has 4 heterocycles. The van der Waals surface area contributed by atoms with Crippen molar-refractivity contribution in [3.63, 3.8) is 0 Å². The van der Waals surface area contributed by atoms with Gasteiger partial charge in [-0.15, -0.1) is 11.3 Å². The number of amidine groups is 1. The first kappa shape index (κ1) is 26.7. The first-order chi connectivity index (χ1) is 20.3. The summed E-state index contributed by atoms with van der Waals surface area (Å²) >= 11 is 10.2. The van der Waals surface area contributed by atoms with Crippen LogP contribution in [0.25, 0.3) is 16.3 Å². The van der Waals surface area contributed by atoms with Crippen molar-refractivity contribution in [3.8, 4) is 0 Å². The number of carbonyl (C=O) groups excluding carboxylic acids is 3. The van der Waals surface area contributed by atoms with Gasteiger partial charge in [-0.25, -0.2) is 14.9 Å². The summed E-state index contributed by atoms with van der Waals surface area (Å²) in [5, 5.41) is 4.46. The number of nitrogens with one attached hydrogen (secondary N) is 1. The Morgan fingerprint density at radius 1 is 1.00 bits per heavy atom. The van der Waals surface area contributed by atoms with Gasteiger partial charge in [0, 0.05) is 11.1 Å². The number of benzene rings is 3. The minimum atomic E-state index is -0.335. The molecule has 0 bridgehead atoms. The van der Waals surface area contributed by atoms with Crippen LogP contribution < -0.4 is 10.2 Å². The molecule has 0 radical (unpaired) electrons. The lowest BCUT2D eigenvalue weighted by Gasteiger charge is -2.13. The van der Waals surface area contributed by atoms with Crippen molar-refractivity contribution < 1.29 is 18.8 Å². The van der Waals surface area contributed by atoms with Gasteiger partial charge in [0.05, 0.1) is 37.6 Å². The van der Waals surface area contributed by atoms with Gasteiger partial charge in [0.25, 0.3) is 17.7 Å². The molecule has 0 atom stereocenters. The Balaban J connectivity index is 1.07. The number of thioether (sulfide) groups is 1. The molecule has 2 aliphatic heterocycles. The van der Waals surface area contributed by atoms with E-state index in [1.165, 1.54) is 39.8 Å². The molecule has 2 aliphatic rings. The molecule has 5 aromatic rings. The van der Waals surface area contributed by atoms with Gasteiger partial charge in [-0.05, 0) is 90.6 Å². The number of halogens is 1. The second-order valence-electron chi connectivity index (χ2n) is 9.25. The largest absolute Gasteiger partial charge is 0.450 e. The van der Waals surface area contributed by atoms with E-state index in [1.54, 1.807) is 60.7 Å². The number of fused-ring (bicyclic) bond motifs is 2. The number of nitrogens with zero attached hydrogens (tertiary/aromatic N) is 3. The Morgan fingerprint density at radius 3 is 2.57 bits per heavy atom. The van der Waals surface area contributed by atoms with E-state index < -0.39 is 0 Å². The predicted molar refractivity (Wildman–Crippen MR) is 167 cm³/mol. The van der Waals surface area contributed by atoms with Crippen LogP contribution in [0, 0.1) is 6.92 Å². The van der Waals surface area contributed by atoms with Crippen LogP contribution in [-0.2, 0) is 4.79 Å². The van der Waals surface area contributed by atoms with E-state index in [4.69, 9.17) is 16.0 Å².